The van der Waals surface area contributed by atoms with Gasteiger partial charge >= 0.3 is 0 Å². The minimum atomic E-state index is -1.55. The number of benzene rings is 4. The van der Waals surface area contributed by atoms with Crippen molar-refractivity contribution >= 4 is 52.4 Å². The van der Waals surface area contributed by atoms with E-state index < -0.39 is 58.5 Å². The van der Waals surface area contributed by atoms with E-state index >= 15 is 4.79 Å². The second kappa shape index (κ2) is 12.0. The molecule has 2 aliphatic carbocycles. The van der Waals surface area contributed by atoms with Gasteiger partial charge < -0.3 is 5.11 Å². The lowest BCUT2D eigenvalue weighted by Gasteiger charge is -2.50. The number of phenols is 1. The number of fused-ring (bicyclic) bond motifs is 4. The molecule has 2 aliphatic heterocycles. The zero-order chi connectivity index (χ0) is 35.8. The van der Waals surface area contributed by atoms with Gasteiger partial charge in [0.15, 0.2) is 5.78 Å². The molecule has 0 aromatic heterocycles. The summed E-state index contributed by atoms with van der Waals surface area (Å²) in [6.07, 6.45) is 2.22. The van der Waals surface area contributed by atoms with Crippen LogP contribution in [0, 0.1) is 29.5 Å². The minimum absolute atomic E-state index is 0.0444. The predicted molar refractivity (Wildman–Crippen MR) is 186 cm³/mol. The molecule has 4 aromatic rings. The van der Waals surface area contributed by atoms with E-state index in [0.29, 0.717) is 33.1 Å². The van der Waals surface area contributed by atoms with Gasteiger partial charge in [0.1, 0.15) is 11.6 Å². The van der Waals surface area contributed by atoms with Crippen molar-refractivity contribution in [3.63, 3.8) is 0 Å². The van der Waals surface area contributed by atoms with Crippen LogP contribution in [0.3, 0.4) is 0 Å². The van der Waals surface area contributed by atoms with Gasteiger partial charge in [-0.15, -0.1) is 0 Å². The van der Waals surface area contributed by atoms with E-state index in [1.807, 2.05) is 6.08 Å². The van der Waals surface area contributed by atoms with E-state index in [-0.39, 0.29) is 30.3 Å². The van der Waals surface area contributed by atoms with Gasteiger partial charge in [0.2, 0.25) is 11.8 Å². The van der Waals surface area contributed by atoms with E-state index in [1.54, 1.807) is 66.7 Å². The molecule has 4 aromatic carbocycles. The lowest BCUT2D eigenvalue weighted by molar-refractivity contribution is -0.138. The highest BCUT2D eigenvalue weighted by Crippen LogP contribution is 2.64. The Morgan fingerprint density at radius 3 is 2.25 bits per heavy atom. The van der Waals surface area contributed by atoms with Gasteiger partial charge in [-0.2, -0.15) is 5.01 Å². The monoisotopic (exact) mass is 703 g/mol. The van der Waals surface area contributed by atoms with Crippen LogP contribution < -0.4 is 10.3 Å². The zero-order valence-corrected chi connectivity index (χ0v) is 28.0. The first-order valence-corrected chi connectivity index (χ1v) is 17.0. The largest absolute Gasteiger partial charge is 0.508 e. The molecular formula is C40H31ClFN3O6. The van der Waals surface area contributed by atoms with Crippen LogP contribution in [-0.2, 0) is 24.6 Å². The first kappa shape index (κ1) is 32.6. The van der Waals surface area contributed by atoms with Crippen molar-refractivity contribution in [1.82, 2.24) is 5.01 Å². The molecule has 0 unspecified atom stereocenters. The Hall–Kier alpha value is -5.61. The number of nitrogens with one attached hydrogen (secondary N) is 1. The fraction of sp³-hybridized carbons (Fsp3) is 0.225. The number of rotatable bonds is 6. The molecule has 1 saturated carbocycles. The maximum atomic E-state index is 15.1. The number of aromatic hydroxyl groups is 1. The lowest BCUT2D eigenvalue weighted by Crippen LogP contribution is -2.53. The van der Waals surface area contributed by atoms with Gasteiger partial charge in [-0.25, -0.2) is 4.39 Å². The molecule has 3 fully saturated rings. The maximum absolute atomic E-state index is 15.1. The second-order valence-electron chi connectivity index (χ2n) is 13.6. The van der Waals surface area contributed by atoms with E-state index in [0.717, 1.165) is 10.6 Å². The number of amides is 4. The van der Waals surface area contributed by atoms with E-state index in [2.05, 4.69) is 5.43 Å². The van der Waals surface area contributed by atoms with Crippen LogP contribution in [0.25, 0.3) is 0 Å². The minimum Gasteiger partial charge on any atom is -0.508 e. The number of ketones is 1. The van der Waals surface area contributed by atoms with Gasteiger partial charge in [-0.3, -0.25) is 34.3 Å². The first-order valence-electron chi connectivity index (χ1n) is 16.6. The summed E-state index contributed by atoms with van der Waals surface area (Å²) in [5.41, 5.74) is 4.29. The highest BCUT2D eigenvalue weighted by atomic mass is 35.5. The highest BCUT2D eigenvalue weighted by molar-refractivity contribution is 6.30. The quantitative estimate of drug-likeness (QED) is 0.132. The summed E-state index contributed by atoms with van der Waals surface area (Å²) in [4.78, 5) is 71.3. The van der Waals surface area contributed by atoms with Crippen LogP contribution in [0.2, 0.25) is 5.02 Å². The van der Waals surface area contributed by atoms with Crippen molar-refractivity contribution in [2.75, 3.05) is 10.3 Å². The summed E-state index contributed by atoms with van der Waals surface area (Å²) in [5.74, 6) is -6.54. The average Bonchev–Trinajstić information content (AvgIpc) is 3.50. The van der Waals surface area contributed by atoms with Gasteiger partial charge in [-0.1, -0.05) is 47.5 Å². The fourth-order valence-electron chi connectivity index (χ4n) is 8.83. The third kappa shape index (κ3) is 4.92. The van der Waals surface area contributed by atoms with Crippen LogP contribution in [0.1, 0.15) is 47.2 Å². The molecule has 0 bridgehead atoms. The van der Waals surface area contributed by atoms with Crippen molar-refractivity contribution in [3.05, 3.63) is 136 Å². The maximum Gasteiger partial charge on any atom is 0.260 e. The molecule has 0 radical (unpaired) electrons. The molecule has 6 atom stereocenters. The number of allylic oxidation sites excluding steroid dienone is 2. The van der Waals surface area contributed by atoms with Crippen LogP contribution in [0.5, 0.6) is 5.75 Å². The summed E-state index contributed by atoms with van der Waals surface area (Å²) in [6.45, 7) is 1.43. The molecule has 256 valence electrons. The standard InChI is InChI=1S/C40H31ClFN3O6/c1-21(46)22-5-15-28(16-6-22)44-36(48)31-18-17-30-32(34(31)38(44)50)20-33-37(49)45(43-27-13-11-26(42)12-14-27)39(51)40(33,24-7-9-25(41)10-8-24)35(30)23-3-2-4-29(47)19-23/h2-17,19,31-35,43,47H,18,20H2,1H3/t31-,32+,33-,34-,35-,40+/m0/s1. The summed E-state index contributed by atoms with van der Waals surface area (Å²) in [7, 11) is 0. The van der Waals surface area contributed by atoms with Gasteiger partial charge in [0.25, 0.3) is 11.8 Å². The van der Waals surface area contributed by atoms with Crippen LogP contribution in [-0.4, -0.2) is 39.5 Å². The summed E-state index contributed by atoms with van der Waals surface area (Å²) >= 11 is 6.33. The number of halogens is 2. The summed E-state index contributed by atoms with van der Waals surface area (Å²) < 4.78 is 13.8. The SMILES string of the molecule is CC(=O)c1ccc(N2C(=O)[C@H]3[C@H](CC=C4[C@H]3C[C@H]3C(=O)N(Nc5ccc(F)cc5)C(=O)[C@@]3(c3ccc(Cl)cc3)[C@H]4c3cccc(O)c3)C2=O)cc1. The van der Waals surface area contributed by atoms with Crippen molar-refractivity contribution in [1.29, 1.82) is 0 Å². The molecule has 8 rings (SSSR count). The van der Waals surface area contributed by atoms with Crippen molar-refractivity contribution < 1.29 is 33.5 Å². The fourth-order valence-corrected chi connectivity index (χ4v) is 8.96. The van der Waals surface area contributed by atoms with E-state index in [1.165, 1.54) is 42.2 Å². The number of carbonyl (C=O) groups is 5. The molecular weight excluding hydrogens is 673 g/mol. The van der Waals surface area contributed by atoms with Crippen LogP contribution in [0.15, 0.2) is 109 Å². The Labute approximate surface area is 297 Å². The van der Waals surface area contributed by atoms with Gasteiger partial charge in [0.05, 0.1) is 34.5 Å². The number of anilines is 2. The molecule has 0 spiro atoms. The van der Waals surface area contributed by atoms with E-state index in [9.17, 15) is 28.7 Å². The van der Waals surface area contributed by atoms with Crippen molar-refractivity contribution in [3.8, 4) is 5.75 Å². The molecule has 2 heterocycles. The molecule has 9 nitrogen and oxygen atoms in total. The van der Waals surface area contributed by atoms with Gasteiger partial charge in [-0.05, 0) is 110 Å². The average molecular weight is 704 g/mol. The lowest BCUT2D eigenvalue weighted by atomic mass is 9.49. The smallest absolute Gasteiger partial charge is 0.260 e. The summed E-state index contributed by atoms with van der Waals surface area (Å²) in [6, 6.07) is 24.9. The Bertz CT molecular complexity index is 2170. The van der Waals surface area contributed by atoms with Crippen LogP contribution in [0.4, 0.5) is 15.8 Å². The van der Waals surface area contributed by atoms with E-state index in [4.69, 9.17) is 11.6 Å². The van der Waals surface area contributed by atoms with Crippen LogP contribution >= 0.6 is 11.6 Å². The number of imide groups is 2. The zero-order valence-electron chi connectivity index (χ0n) is 27.3. The van der Waals surface area contributed by atoms with Crippen molar-refractivity contribution in [2.24, 2.45) is 23.7 Å². The predicted octanol–water partition coefficient (Wildman–Crippen LogP) is 6.58. The normalized spacial score (nSPS) is 26.8. The molecule has 2 saturated heterocycles. The summed E-state index contributed by atoms with van der Waals surface area (Å²) in [5, 5.41) is 12.1. The number of Topliss-reactive ketones (excluding diaryl/α,β-unsaturated/α-hetero) is 1. The molecule has 11 heteroatoms. The Morgan fingerprint density at radius 1 is 0.882 bits per heavy atom. The molecule has 2 N–H and O–H groups in total. The Balaban J connectivity index is 1.29. The number of nitrogens with zero attached hydrogens (tertiary/aromatic N) is 2. The third-order valence-corrected chi connectivity index (χ3v) is 11.2. The first-order chi connectivity index (χ1) is 24.5. The number of carbonyl (C=O) groups excluding carboxylic acids is 5. The number of hydrazine groups is 1. The van der Waals surface area contributed by atoms with Crippen molar-refractivity contribution in [2.45, 2.75) is 31.1 Å². The Morgan fingerprint density at radius 2 is 1.59 bits per heavy atom. The number of hydrogen-bond donors (Lipinski definition) is 2. The topological polar surface area (TPSA) is 124 Å². The highest BCUT2D eigenvalue weighted by Gasteiger charge is 2.70. The molecule has 4 amide bonds. The molecule has 4 aliphatic rings. The number of phenolic OH excluding ortho intramolecular Hbond substituents is 1. The third-order valence-electron chi connectivity index (χ3n) is 11.0. The Kier molecular flexibility index (Phi) is 7.68. The number of hydrogen-bond acceptors (Lipinski definition) is 7. The molecule has 51 heavy (non-hydrogen) atoms. The second-order valence-corrected chi connectivity index (χ2v) is 14.0. The van der Waals surface area contributed by atoms with Gasteiger partial charge in [0, 0.05) is 16.5 Å².